The first-order chi connectivity index (χ1) is 16.6. The summed E-state index contributed by atoms with van der Waals surface area (Å²) in [5.74, 6) is -0.251. The molecule has 3 heterocycles. The zero-order valence-corrected chi connectivity index (χ0v) is 18.4. The number of methoxy groups -OCH3 is 1. The molecule has 1 saturated heterocycles. The molecule has 0 saturated carbocycles. The first-order valence-corrected chi connectivity index (χ1v) is 10.8. The van der Waals surface area contributed by atoms with E-state index >= 15 is 0 Å². The average molecular weight is 458 g/mol. The summed E-state index contributed by atoms with van der Waals surface area (Å²) >= 11 is 0. The van der Waals surface area contributed by atoms with Crippen LogP contribution in [0.25, 0.3) is 5.76 Å². The van der Waals surface area contributed by atoms with Crippen LogP contribution in [0.5, 0.6) is 17.2 Å². The number of aliphatic hydroxyl groups excluding tert-OH is 1. The van der Waals surface area contributed by atoms with Gasteiger partial charge in [-0.1, -0.05) is 24.3 Å². The fourth-order valence-corrected chi connectivity index (χ4v) is 4.29. The van der Waals surface area contributed by atoms with Crippen molar-refractivity contribution in [3.63, 3.8) is 0 Å². The molecule has 34 heavy (non-hydrogen) atoms. The summed E-state index contributed by atoms with van der Waals surface area (Å²) in [5, 5.41) is 11.3. The fourth-order valence-electron chi connectivity index (χ4n) is 4.29. The molecule has 1 N–H and O–H groups in total. The molecule has 1 aromatic heterocycles. The highest BCUT2D eigenvalue weighted by atomic mass is 16.6. The van der Waals surface area contributed by atoms with Gasteiger partial charge in [0.1, 0.15) is 24.7 Å². The van der Waals surface area contributed by atoms with Crippen molar-refractivity contribution in [2.75, 3.05) is 20.3 Å². The third-order valence-corrected chi connectivity index (χ3v) is 5.86. The number of ether oxygens (including phenoxy) is 3. The van der Waals surface area contributed by atoms with E-state index in [0.717, 1.165) is 5.56 Å². The third kappa shape index (κ3) is 3.73. The van der Waals surface area contributed by atoms with Crippen LogP contribution in [0.4, 0.5) is 0 Å². The lowest BCUT2D eigenvalue weighted by atomic mass is 9.94. The quantitative estimate of drug-likeness (QED) is 0.355. The maximum Gasteiger partial charge on any atom is 0.295 e. The smallest absolute Gasteiger partial charge is 0.295 e. The maximum absolute atomic E-state index is 13.3. The summed E-state index contributed by atoms with van der Waals surface area (Å²) in [6.07, 6.45) is 3.27. The number of likely N-dealkylation sites (tertiary alicyclic amines) is 1. The molecule has 0 aliphatic carbocycles. The van der Waals surface area contributed by atoms with Gasteiger partial charge in [0.15, 0.2) is 11.5 Å². The number of pyridine rings is 1. The molecule has 1 fully saturated rings. The first kappa shape index (κ1) is 21.5. The molecule has 1 unspecified atom stereocenters. The summed E-state index contributed by atoms with van der Waals surface area (Å²) in [6, 6.07) is 14.8. The SMILES string of the molecule is COc1ccccc1C1C(=C(O)c2ccc3c(c2)OCCO3)C(=O)C(=O)N1Cc1cccnc1. The molecule has 172 valence electrons. The topological polar surface area (TPSA) is 98.2 Å². The minimum atomic E-state index is -0.857. The molecule has 0 radical (unpaired) electrons. The molecule has 2 aliphatic rings. The van der Waals surface area contributed by atoms with E-state index in [-0.39, 0.29) is 17.9 Å². The second kappa shape index (κ2) is 8.90. The number of benzene rings is 2. The molecule has 1 amide bonds. The van der Waals surface area contributed by atoms with E-state index in [4.69, 9.17) is 14.2 Å². The monoisotopic (exact) mass is 458 g/mol. The second-order valence-corrected chi connectivity index (χ2v) is 7.89. The first-order valence-electron chi connectivity index (χ1n) is 10.8. The number of Topliss-reactive ketones (excluding diaryl/α,β-unsaturated/α-hetero) is 1. The van der Waals surface area contributed by atoms with Gasteiger partial charge in [0.2, 0.25) is 0 Å². The zero-order chi connectivity index (χ0) is 23.7. The summed E-state index contributed by atoms with van der Waals surface area (Å²) in [4.78, 5) is 32.0. The van der Waals surface area contributed by atoms with Crippen molar-refractivity contribution in [2.45, 2.75) is 12.6 Å². The Morgan fingerprint density at radius 2 is 1.88 bits per heavy atom. The third-order valence-electron chi connectivity index (χ3n) is 5.86. The lowest BCUT2D eigenvalue weighted by Crippen LogP contribution is -2.29. The van der Waals surface area contributed by atoms with Crippen molar-refractivity contribution < 1.29 is 28.9 Å². The van der Waals surface area contributed by atoms with Crippen molar-refractivity contribution in [2.24, 2.45) is 0 Å². The zero-order valence-electron chi connectivity index (χ0n) is 18.4. The Balaban J connectivity index is 1.66. The maximum atomic E-state index is 13.3. The van der Waals surface area contributed by atoms with E-state index in [2.05, 4.69) is 4.98 Å². The number of rotatable bonds is 5. The Bertz CT molecular complexity index is 1290. The number of fused-ring (bicyclic) bond motifs is 1. The molecule has 8 nitrogen and oxygen atoms in total. The Hall–Kier alpha value is -4.33. The molecule has 3 aromatic rings. The summed E-state index contributed by atoms with van der Waals surface area (Å²) in [7, 11) is 1.52. The molecule has 8 heteroatoms. The normalized spacial score (nSPS) is 18.7. The van der Waals surface area contributed by atoms with Crippen molar-refractivity contribution in [3.05, 3.63) is 89.3 Å². The number of nitrogens with zero attached hydrogens (tertiary/aromatic N) is 2. The highest BCUT2D eigenvalue weighted by molar-refractivity contribution is 6.46. The molecular weight excluding hydrogens is 436 g/mol. The van der Waals surface area contributed by atoms with Gasteiger partial charge < -0.3 is 24.2 Å². The number of ketones is 1. The standard InChI is InChI=1S/C26H22N2O6/c1-32-19-7-3-2-6-18(19)23-22(24(29)17-8-9-20-21(13-17)34-12-11-33-20)25(30)26(31)28(23)15-16-5-4-10-27-14-16/h2-10,13-14,23,29H,11-12,15H2,1H3. The Morgan fingerprint density at radius 3 is 2.65 bits per heavy atom. The van der Waals surface area contributed by atoms with E-state index in [1.807, 2.05) is 6.07 Å². The van der Waals surface area contributed by atoms with E-state index in [1.54, 1.807) is 60.9 Å². The van der Waals surface area contributed by atoms with E-state index in [9.17, 15) is 14.7 Å². The number of carbonyl (C=O) groups is 2. The minimum absolute atomic E-state index is 0.0185. The van der Waals surface area contributed by atoms with Crippen LogP contribution in [0.3, 0.4) is 0 Å². The second-order valence-electron chi connectivity index (χ2n) is 7.89. The number of amides is 1. The molecule has 0 spiro atoms. The van der Waals surface area contributed by atoms with Crippen LogP contribution in [0, 0.1) is 0 Å². The van der Waals surface area contributed by atoms with Crippen LogP contribution in [0.1, 0.15) is 22.7 Å². The van der Waals surface area contributed by atoms with Crippen LogP contribution < -0.4 is 14.2 Å². The number of para-hydroxylation sites is 1. The lowest BCUT2D eigenvalue weighted by molar-refractivity contribution is -0.140. The van der Waals surface area contributed by atoms with E-state index in [0.29, 0.717) is 41.6 Å². The van der Waals surface area contributed by atoms with Crippen molar-refractivity contribution in [3.8, 4) is 17.2 Å². The Kier molecular flexibility index (Phi) is 5.63. The van der Waals surface area contributed by atoms with Gasteiger partial charge in [-0.3, -0.25) is 14.6 Å². The van der Waals surface area contributed by atoms with Gasteiger partial charge in [0.25, 0.3) is 11.7 Å². The predicted molar refractivity (Wildman–Crippen MR) is 123 cm³/mol. The van der Waals surface area contributed by atoms with Gasteiger partial charge in [-0.25, -0.2) is 0 Å². The van der Waals surface area contributed by atoms with Crippen molar-refractivity contribution >= 4 is 17.4 Å². The number of hydrogen-bond donors (Lipinski definition) is 1. The highest BCUT2D eigenvalue weighted by Crippen LogP contribution is 2.44. The van der Waals surface area contributed by atoms with Gasteiger partial charge in [0, 0.05) is 30.1 Å². The van der Waals surface area contributed by atoms with Gasteiger partial charge in [-0.05, 0) is 35.9 Å². The van der Waals surface area contributed by atoms with Gasteiger partial charge >= 0.3 is 0 Å². The van der Waals surface area contributed by atoms with Crippen LogP contribution in [0.2, 0.25) is 0 Å². The van der Waals surface area contributed by atoms with Crippen LogP contribution in [-0.4, -0.2) is 47.0 Å². The van der Waals surface area contributed by atoms with Gasteiger partial charge in [0.05, 0.1) is 18.7 Å². The largest absolute Gasteiger partial charge is 0.507 e. The summed E-state index contributed by atoms with van der Waals surface area (Å²) < 4.78 is 16.7. The Labute approximate surface area is 196 Å². The van der Waals surface area contributed by atoms with Crippen LogP contribution >= 0.6 is 0 Å². The van der Waals surface area contributed by atoms with Gasteiger partial charge in [-0.15, -0.1) is 0 Å². The predicted octanol–water partition coefficient (Wildman–Crippen LogP) is 3.48. The summed E-state index contributed by atoms with van der Waals surface area (Å²) in [6.45, 7) is 0.957. The molecule has 1 atom stereocenters. The molecule has 2 aromatic carbocycles. The Morgan fingerprint density at radius 1 is 1.09 bits per heavy atom. The molecule has 0 bridgehead atoms. The fraction of sp³-hybridized carbons (Fsp3) is 0.192. The van der Waals surface area contributed by atoms with Crippen molar-refractivity contribution in [1.29, 1.82) is 0 Å². The number of hydrogen-bond acceptors (Lipinski definition) is 7. The number of aliphatic hydroxyl groups is 1. The number of carbonyl (C=O) groups excluding carboxylic acids is 2. The van der Waals surface area contributed by atoms with Crippen LogP contribution in [0.15, 0.2) is 72.6 Å². The minimum Gasteiger partial charge on any atom is -0.507 e. The highest BCUT2D eigenvalue weighted by Gasteiger charge is 2.47. The van der Waals surface area contributed by atoms with E-state index < -0.39 is 17.7 Å². The molecule has 2 aliphatic heterocycles. The number of aromatic nitrogens is 1. The van der Waals surface area contributed by atoms with Gasteiger partial charge in [-0.2, -0.15) is 0 Å². The molecular formula is C26H22N2O6. The van der Waals surface area contributed by atoms with Crippen LogP contribution in [-0.2, 0) is 16.1 Å². The molecule has 5 rings (SSSR count). The van der Waals surface area contributed by atoms with Crippen molar-refractivity contribution in [1.82, 2.24) is 9.88 Å². The summed E-state index contributed by atoms with van der Waals surface area (Å²) in [5.41, 5.74) is 1.68. The average Bonchev–Trinajstić information content (AvgIpc) is 3.13. The van der Waals surface area contributed by atoms with E-state index in [1.165, 1.54) is 12.0 Å². The lowest BCUT2D eigenvalue weighted by Gasteiger charge is -2.26.